The Morgan fingerprint density at radius 2 is 2.00 bits per heavy atom. The third-order valence-electron chi connectivity index (χ3n) is 3.21. The second-order valence-corrected chi connectivity index (χ2v) is 4.74. The van der Waals surface area contributed by atoms with Crippen LogP contribution in [0.25, 0.3) is 0 Å². The SMILES string of the molecule is OCC1CCCCCN1CCCOCC(F)(F)F. The molecule has 6 heteroatoms. The molecule has 108 valence electrons. The van der Waals surface area contributed by atoms with Gasteiger partial charge in [-0.25, -0.2) is 0 Å². The molecule has 0 radical (unpaired) electrons. The summed E-state index contributed by atoms with van der Waals surface area (Å²) in [6, 6.07) is 0.162. The van der Waals surface area contributed by atoms with Gasteiger partial charge in [-0.3, -0.25) is 4.90 Å². The molecule has 1 rings (SSSR count). The van der Waals surface area contributed by atoms with Crippen LogP contribution in [-0.2, 0) is 4.74 Å². The van der Waals surface area contributed by atoms with Crippen molar-refractivity contribution >= 4 is 0 Å². The first kappa shape index (κ1) is 15.7. The molecule has 1 aliphatic rings. The van der Waals surface area contributed by atoms with Gasteiger partial charge < -0.3 is 9.84 Å². The lowest BCUT2D eigenvalue weighted by atomic mass is 10.1. The smallest absolute Gasteiger partial charge is 0.395 e. The highest BCUT2D eigenvalue weighted by atomic mass is 19.4. The molecule has 1 aliphatic heterocycles. The van der Waals surface area contributed by atoms with Gasteiger partial charge >= 0.3 is 6.18 Å². The first-order valence-electron chi connectivity index (χ1n) is 6.52. The van der Waals surface area contributed by atoms with E-state index in [9.17, 15) is 18.3 Å². The van der Waals surface area contributed by atoms with E-state index in [0.717, 1.165) is 32.2 Å². The minimum Gasteiger partial charge on any atom is -0.395 e. The molecule has 3 nitrogen and oxygen atoms in total. The Balaban J connectivity index is 2.16. The van der Waals surface area contributed by atoms with Crippen molar-refractivity contribution in [3.05, 3.63) is 0 Å². The number of ether oxygens (including phenoxy) is 1. The second kappa shape index (κ2) is 7.96. The van der Waals surface area contributed by atoms with Crippen LogP contribution in [0.5, 0.6) is 0 Å². The maximum atomic E-state index is 11.8. The number of aliphatic hydroxyl groups excluding tert-OH is 1. The van der Waals surface area contributed by atoms with Crippen molar-refractivity contribution < 1.29 is 23.0 Å². The van der Waals surface area contributed by atoms with Gasteiger partial charge in [0.15, 0.2) is 0 Å². The van der Waals surface area contributed by atoms with Gasteiger partial charge in [-0.1, -0.05) is 12.8 Å². The van der Waals surface area contributed by atoms with Crippen molar-refractivity contribution in [1.82, 2.24) is 4.90 Å². The molecule has 0 aromatic carbocycles. The fourth-order valence-corrected chi connectivity index (χ4v) is 2.30. The normalized spacial score (nSPS) is 23.0. The van der Waals surface area contributed by atoms with Gasteiger partial charge in [0.05, 0.1) is 6.61 Å². The van der Waals surface area contributed by atoms with Crippen molar-refractivity contribution in [3.63, 3.8) is 0 Å². The Morgan fingerprint density at radius 1 is 1.22 bits per heavy atom. The zero-order valence-electron chi connectivity index (χ0n) is 10.6. The molecule has 0 bridgehead atoms. The Kier molecular flexibility index (Phi) is 6.96. The average Bonchev–Trinajstić information content (AvgIpc) is 2.52. The summed E-state index contributed by atoms with van der Waals surface area (Å²) in [5.74, 6) is 0. The molecule has 0 aromatic heterocycles. The van der Waals surface area contributed by atoms with E-state index >= 15 is 0 Å². The molecule has 1 heterocycles. The number of hydrogen-bond acceptors (Lipinski definition) is 3. The molecular formula is C12H22F3NO2. The molecule has 0 aromatic rings. The molecule has 0 spiro atoms. The molecule has 18 heavy (non-hydrogen) atoms. The molecule has 1 saturated heterocycles. The first-order chi connectivity index (χ1) is 8.53. The number of hydrogen-bond donors (Lipinski definition) is 1. The maximum absolute atomic E-state index is 11.8. The van der Waals surface area contributed by atoms with Crippen LogP contribution in [0.15, 0.2) is 0 Å². The molecule has 1 unspecified atom stereocenters. The number of likely N-dealkylation sites (tertiary alicyclic amines) is 1. The molecule has 0 aliphatic carbocycles. The van der Waals surface area contributed by atoms with Crippen LogP contribution in [-0.4, -0.2) is 55.1 Å². The van der Waals surface area contributed by atoms with Crippen LogP contribution >= 0.6 is 0 Å². The van der Waals surface area contributed by atoms with Crippen LogP contribution in [0.4, 0.5) is 13.2 Å². The minimum absolute atomic E-state index is 0.119. The summed E-state index contributed by atoms with van der Waals surface area (Å²) in [6.45, 7) is 0.696. The van der Waals surface area contributed by atoms with Gasteiger partial charge in [-0.2, -0.15) is 13.2 Å². The summed E-state index contributed by atoms with van der Waals surface area (Å²) in [5, 5.41) is 9.27. The average molecular weight is 269 g/mol. The topological polar surface area (TPSA) is 32.7 Å². The van der Waals surface area contributed by atoms with Gasteiger partial charge in [-0.05, 0) is 25.8 Å². The standard InChI is InChI=1S/C12H22F3NO2/c13-12(14,15)10-18-8-4-7-16-6-3-1-2-5-11(16)9-17/h11,17H,1-10H2. The number of nitrogens with zero attached hydrogens (tertiary/aromatic N) is 1. The van der Waals surface area contributed by atoms with Crippen molar-refractivity contribution in [1.29, 1.82) is 0 Å². The molecular weight excluding hydrogens is 247 g/mol. The highest BCUT2D eigenvalue weighted by Gasteiger charge is 2.27. The van der Waals surface area contributed by atoms with Crippen LogP contribution in [0.1, 0.15) is 32.1 Å². The highest BCUT2D eigenvalue weighted by molar-refractivity contribution is 4.74. The highest BCUT2D eigenvalue weighted by Crippen LogP contribution is 2.17. The van der Waals surface area contributed by atoms with Crippen LogP contribution in [0.3, 0.4) is 0 Å². The van der Waals surface area contributed by atoms with Crippen molar-refractivity contribution in [2.75, 3.05) is 32.9 Å². The second-order valence-electron chi connectivity index (χ2n) is 4.74. The van der Waals surface area contributed by atoms with E-state index in [0.29, 0.717) is 13.0 Å². The molecule has 1 fully saturated rings. The summed E-state index contributed by atoms with van der Waals surface area (Å²) in [5.41, 5.74) is 0. The first-order valence-corrected chi connectivity index (χ1v) is 6.52. The summed E-state index contributed by atoms with van der Waals surface area (Å²) >= 11 is 0. The Hall–Kier alpha value is -0.330. The molecule has 1 atom stereocenters. The number of rotatable bonds is 6. The van der Waals surface area contributed by atoms with Crippen LogP contribution in [0, 0.1) is 0 Å². The molecule has 0 saturated carbocycles. The van der Waals surface area contributed by atoms with E-state index in [1.54, 1.807) is 0 Å². The maximum Gasteiger partial charge on any atom is 0.411 e. The largest absolute Gasteiger partial charge is 0.411 e. The van der Waals surface area contributed by atoms with E-state index in [4.69, 9.17) is 0 Å². The lowest BCUT2D eigenvalue weighted by Crippen LogP contribution is -2.38. The van der Waals surface area contributed by atoms with E-state index in [-0.39, 0.29) is 19.3 Å². The fourth-order valence-electron chi connectivity index (χ4n) is 2.30. The van der Waals surface area contributed by atoms with Gasteiger partial charge in [0, 0.05) is 19.2 Å². The number of halogens is 3. The lowest BCUT2D eigenvalue weighted by molar-refractivity contribution is -0.174. The van der Waals surface area contributed by atoms with Crippen molar-refractivity contribution in [2.24, 2.45) is 0 Å². The van der Waals surface area contributed by atoms with E-state index in [2.05, 4.69) is 9.64 Å². The third-order valence-corrected chi connectivity index (χ3v) is 3.21. The van der Waals surface area contributed by atoms with E-state index in [1.165, 1.54) is 0 Å². The lowest BCUT2D eigenvalue weighted by Gasteiger charge is -2.28. The van der Waals surface area contributed by atoms with Gasteiger partial charge in [0.25, 0.3) is 0 Å². The zero-order chi connectivity index (χ0) is 13.4. The fraction of sp³-hybridized carbons (Fsp3) is 1.00. The summed E-state index contributed by atoms with van der Waals surface area (Å²) in [4.78, 5) is 2.17. The summed E-state index contributed by atoms with van der Waals surface area (Å²) in [7, 11) is 0. The Morgan fingerprint density at radius 3 is 2.67 bits per heavy atom. The quantitative estimate of drug-likeness (QED) is 0.750. The van der Waals surface area contributed by atoms with E-state index < -0.39 is 12.8 Å². The van der Waals surface area contributed by atoms with Gasteiger partial charge in [0.1, 0.15) is 6.61 Å². The Bertz CT molecular complexity index is 224. The van der Waals surface area contributed by atoms with E-state index in [1.807, 2.05) is 0 Å². The number of alkyl halides is 3. The predicted molar refractivity (Wildman–Crippen MR) is 62.4 cm³/mol. The summed E-state index contributed by atoms with van der Waals surface area (Å²) in [6.07, 6.45) is 0.687. The van der Waals surface area contributed by atoms with Gasteiger partial charge in [0.2, 0.25) is 0 Å². The van der Waals surface area contributed by atoms with Crippen molar-refractivity contribution in [2.45, 2.75) is 44.3 Å². The van der Waals surface area contributed by atoms with Crippen molar-refractivity contribution in [3.8, 4) is 0 Å². The monoisotopic (exact) mass is 269 g/mol. The third kappa shape index (κ3) is 6.56. The molecule has 0 amide bonds. The number of aliphatic hydroxyl groups is 1. The van der Waals surface area contributed by atoms with Gasteiger partial charge in [-0.15, -0.1) is 0 Å². The Labute approximate surface area is 106 Å². The van der Waals surface area contributed by atoms with Crippen LogP contribution in [0.2, 0.25) is 0 Å². The minimum atomic E-state index is -4.24. The summed E-state index contributed by atoms with van der Waals surface area (Å²) < 4.78 is 40.1. The molecule has 1 N–H and O–H groups in total. The predicted octanol–water partition coefficient (Wildman–Crippen LogP) is 2.19. The zero-order valence-corrected chi connectivity index (χ0v) is 10.6. The van der Waals surface area contributed by atoms with Crippen LogP contribution < -0.4 is 0 Å².